The Balaban J connectivity index is 1.84. The Hall–Kier alpha value is -2.04. The summed E-state index contributed by atoms with van der Waals surface area (Å²) >= 11 is 0. The number of nitrogens with zero attached hydrogens (tertiary/aromatic N) is 1. The molecule has 5 heteroatoms. The van der Waals surface area contributed by atoms with Gasteiger partial charge in [-0.1, -0.05) is 13.8 Å². The topological polar surface area (TPSA) is 58.6 Å². The number of hydrogen-bond acceptors (Lipinski definition) is 3. The van der Waals surface area contributed by atoms with Crippen LogP contribution in [0.2, 0.25) is 0 Å². The van der Waals surface area contributed by atoms with Crippen LogP contribution in [0.3, 0.4) is 0 Å². The molecule has 2 amide bonds. The minimum atomic E-state index is -0.00745. The molecule has 0 radical (unpaired) electrons. The summed E-state index contributed by atoms with van der Waals surface area (Å²) in [6.45, 7) is 5.89. The lowest BCUT2D eigenvalue weighted by Crippen LogP contribution is -2.39. The van der Waals surface area contributed by atoms with Gasteiger partial charge in [0, 0.05) is 30.6 Å². The molecule has 0 heterocycles. The average Bonchev–Trinajstić information content (AvgIpc) is 2.68. The molecule has 0 bridgehead atoms. The minimum Gasteiger partial charge on any atom is -0.497 e. The molecule has 0 unspecified atom stereocenters. The monoisotopic (exact) mass is 360 g/mol. The second-order valence-corrected chi connectivity index (χ2v) is 7.09. The Bertz CT molecular complexity index is 571. The summed E-state index contributed by atoms with van der Waals surface area (Å²) in [5, 5.41) is 2.98. The van der Waals surface area contributed by atoms with Gasteiger partial charge in [-0.15, -0.1) is 0 Å². The summed E-state index contributed by atoms with van der Waals surface area (Å²) in [6, 6.07) is 7.36. The summed E-state index contributed by atoms with van der Waals surface area (Å²) in [5.74, 6) is 1.18. The number of amides is 2. The predicted octanol–water partition coefficient (Wildman–Crippen LogP) is 4.09. The van der Waals surface area contributed by atoms with E-state index in [0.29, 0.717) is 0 Å². The third-order valence-corrected chi connectivity index (χ3v) is 5.10. The van der Waals surface area contributed by atoms with Gasteiger partial charge in [-0.2, -0.15) is 0 Å². The number of hydrogen-bond donors (Lipinski definition) is 1. The van der Waals surface area contributed by atoms with Crippen molar-refractivity contribution in [3.05, 3.63) is 24.3 Å². The predicted molar refractivity (Wildman–Crippen MR) is 104 cm³/mol. The van der Waals surface area contributed by atoms with E-state index in [4.69, 9.17) is 4.74 Å². The van der Waals surface area contributed by atoms with Crippen LogP contribution in [0.1, 0.15) is 52.4 Å². The van der Waals surface area contributed by atoms with Crippen LogP contribution in [0.5, 0.6) is 5.75 Å². The molecule has 0 spiro atoms. The SMILES string of the molecule is CCCN(CCC)C(=O)C1CCC(C(=O)Nc2ccc(OC)cc2)CC1. The van der Waals surface area contributed by atoms with Gasteiger partial charge in [-0.3, -0.25) is 9.59 Å². The summed E-state index contributed by atoms with van der Waals surface area (Å²) in [5.41, 5.74) is 0.783. The van der Waals surface area contributed by atoms with Gasteiger partial charge in [0.05, 0.1) is 7.11 Å². The van der Waals surface area contributed by atoms with Crippen molar-refractivity contribution in [3.8, 4) is 5.75 Å². The van der Waals surface area contributed by atoms with Gasteiger partial charge in [-0.25, -0.2) is 0 Å². The molecule has 1 aromatic carbocycles. The third kappa shape index (κ3) is 5.48. The lowest BCUT2D eigenvalue weighted by Gasteiger charge is -2.31. The van der Waals surface area contributed by atoms with Crippen molar-refractivity contribution in [1.29, 1.82) is 0 Å². The van der Waals surface area contributed by atoms with Gasteiger partial charge in [0.15, 0.2) is 0 Å². The number of anilines is 1. The molecule has 1 saturated carbocycles. The lowest BCUT2D eigenvalue weighted by atomic mass is 9.80. The van der Waals surface area contributed by atoms with E-state index in [0.717, 1.165) is 63.1 Å². The van der Waals surface area contributed by atoms with Gasteiger partial charge in [0.25, 0.3) is 0 Å². The van der Waals surface area contributed by atoms with Crippen LogP contribution in [0.15, 0.2) is 24.3 Å². The fourth-order valence-corrected chi connectivity index (χ4v) is 3.65. The first-order valence-electron chi connectivity index (χ1n) is 9.82. The maximum absolute atomic E-state index is 12.7. The molecule has 0 aromatic heterocycles. The molecular weight excluding hydrogens is 328 g/mol. The van der Waals surface area contributed by atoms with Crippen LogP contribution in [-0.4, -0.2) is 36.9 Å². The molecule has 0 saturated heterocycles. The molecule has 2 rings (SSSR count). The molecular formula is C21H32N2O3. The molecule has 26 heavy (non-hydrogen) atoms. The Labute approximate surface area is 157 Å². The van der Waals surface area contributed by atoms with Crippen LogP contribution in [0, 0.1) is 11.8 Å². The van der Waals surface area contributed by atoms with E-state index in [1.807, 2.05) is 29.2 Å². The molecule has 1 N–H and O–H groups in total. The van der Waals surface area contributed by atoms with Crippen molar-refractivity contribution >= 4 is 17.5 Å². The molecule has 5 nitrogen and oxygen atoms in total. The van der Waals surface area contributed by atoms with Crippen LogP contribution in [0.4, 0.5) is 5.69 Å². The van der Waals surface area contributed by atoms with E-state index in [2.05, 4.69) is 19.2 Å². The normalized spacial score (nSPS) is 19.7. The first-order valence-corrected chi connectivity index (χ1v) is 9.82. The first-order chi connectivity index (χ1) is 12.6. The number of carbonyl (C=O) groups is 2. The maximum Gasteiger partial charge on any atom is 0.227 e. The van der Waals surface area contributed by atoms with Gasteiger partial charge < -0.3 is 15.0 Å². The summed E-state index contributed by atoms with van der Waals surface area (Å²) in [7, 11) is 1.62. The van der Waals surface area contributed by atoms with Crippen molar-refractivity contribution in [2.75, 3.05) is 25.5 Å². The quantitative estimate of drug-likeness (QED) is 0.760. The highest BCUT2D eigenvalue weighted by atomic mass is 16.5. The zero-order valence-corrected chi connectivity index (χ0v) is 16.3. The van der Waals surface area contributed by atoms with Crippen LogP contribution in [-0.2, 0) is 9.59 Å². The van der Waals surface area contributed by atoms with Crippen molar-refractivity contribution in [2.24, 2.45) is 11.8 Å². The first kappa shape index (κ1) is 20.3. The van der Waals surface area contributed by atoms with E-state index >= 15 is 0 Å². The standard InChI is InChI=1S/C21H32N2O3/c1-4-14-23(15-5-2)21(25)17-8-6-16(7-9-17)20(24)22-18-10-12-19(26-3)13-11-18/h10-13,16-17H,4-9,14-15H2,1-3H3,(H,22,24). The van der Waals surface area contributed by atoms with Crippen molar-refractivity contribution in [2.45, 2.75) is 52.4 Å². The van der Waals surface area contributed by atoms with E-state index in [1.165, 1.54) is 0 Å². The third-order valence-electron chi connectivity index (χ3n) is 5.10. The molecule has 1 aliphatic carbocycles. The van der Waals surface area contributed by atoms with Gasteiger partial charge in [0.1, 0.15) is 5.75 Å². The van der Waals surface area contributed by atoms with Crippen LogP contribution in [0.25, 0.3) is 0 Å². The lowest BCUT2D eigenvalue weighted by molar-refractivity contribution is -0.138. The van der Waals surface area contributed by atoms with Crippen molar-refractivity contribution < 1.29 is 14.3 Å². The zero-order chi connectivity index (χ0) is 18.9. The summed E-state index contributed by atoms with van der Waals surface area (Å²) < 4.78 is 5.13. The van der Waals surface area contributed by atoms with Crippen molar-refractivity contribution in [3.63, 3.8) is 0 Å². The number of benzene rings is 1. The highest BCUT2D eigenvalue weighted by molar-refractivity contribution is 5.92. The molecule has 1 fully saturated rings. The van der Waals surface area contributed by atoms with Gasteiger partial charge in [0.2, 0.25) is 11.8 Å². The highest BCUT2D eigenvalue weighted by Crippen LogP contribution is 2.31. The van der Waals surface area contributed by atoms with E-state index < -0.39 is 0 Å². The van der Waals surface area contributed by atoms with Crippen LogP contribution < -0.4 is 10.1 Å². The zero-order valence-electron chi connectivity index (χ0n) is 16.3. The molecule has 0 atom stereocenters. The summed E-state index contributed by atoms with van der Waals surface area (Å²) in [6.07, 6.45) is 5.17. The smallest absolute Gasteiger partial charge is 0.227 e. The summed E-state index contributed by atoms with van der Waals surface area (Å²) in [4.78, 5) is 27.2. The Kier molecular flexibility index (Phi) is 7.95. The fraction of sp³-hybridized carbons (Fsp3) is 0.619. The largest absolute Gasteiger partial charge is 0.497 e. The molecule has 144 valence electrons. The number of methoxy groups -OCH3 is 1. The second kappa shape index (κ2) is 10.2. The van der Waals surface area contributed by atoms with Crippen LogP contribution >= 0.6 is 0 Å². The number of nitrogens with one attached hydrogen (secondary N) is 1. The molecule has 1 aliphatic rings. The number of carbonyl (C=O) groups excluding carboxylic acids is 2. The minimum absolute atomic E-state index is 0.00745. The Morgan fingerprint density at radius 3 is 2.04 bits per heavy atom. The average molecular weight is 360 g/mol. The molecule has 1 aromatic rings. The van der Waals surface area contributed by atoms with E-state index in [-0.39, 0.29) is 23.7 Å². The van der Waals surface area contributed by atoms with E-state index in [1.54, 1.807) is 7.11 Å². The Morgan fingerprint density at radius 2 is 1.54 bits per heavy atom. The van der Waals surface area contributed by atoms with Gasteiger partial charge >= 0.3 is 0 Å². The van der Waals surface area contributed by atoms with Crippen molar-refractivity contribution in [1.82, 2.24) is 4.90 Å². The molecule has 0 aliphatic heterocycles. The Morgan fingerprint density at radius 1 is 1.00 bits per heavy atom. The second-order valence-electron chi connectivity index (χ2n) is 7.09. The number of ether oxygens (including phenoxy) is 1. The number of rotatable bonds is 8. The highest BCUT2D eigenvalue weighted by Gasteiger charge is 2.31. The van der Waals surface area contributed by atoms with E-state index in [9.17, 15) is 9.59 Å². The van der Waals surface area contributed by atoms with Gasteiger partial charge in [-0.05, 0) is 62.8 Å². The maximum atomic E-state index is 12.7. The fourth-order valence-electron chi connectivity index (χ4n) is 3.65.